The minimum absolute atomic E-state index is 0.118. The van der Waals surface area contributed by atoms with Crippen molar-refractivity contribution in [1.82, 2.24) is 9.80 Å². The first-order chi connectivity index (χ1) is 12.6. The summed E-state index contributed by atoms with van der Waals surface area (Å²) in [6.45, 7) is 5.10. The normalized spacial score (nSPS) is 22.1. The van der Waals surface area contributed by atoms with Crippen molar-refractivity contribution in [2.45, 2.75) is 31.8 Å². The van der Waals surface area contributed by atoms with E-state index in [1.54, 1.807) is 4.90 Å². The van der Waals surface area contributed by atoms with Crippen LogP contribution in [0.2, 0.25) is 0 Å². The Balaban J connectivity index is 1.50. The van der Waals surface area contributed by atoms with Crippen molar-refractivity contribution in [3.63, 3.8) is 0 Å². The zero-order valence-corrected chi connectivity index (χ0v) is 15.0. The van der Waals surface area contributed by atoms with Crippen molar-refractivity contribution in [1.29, 1.82) is 0 Å². The van der Waals surface area contributed by atoms with Gasteiger partial charge >= 0.3 is 5.97 Å². The maximum atomic E-state index is 12.3. The molecule has 7 heteroatoms. The standard InChI is InChI=1S/C19H27N3O4/c23-18(14-22-8-2-1-3-17(22)19(24)25)20-16-6-4-15(5-7-16)13-21-9-11-26-12-10-21/h4-7,17H,1-3,8-14H2,(H,20,23)(H,24,25). The predicted octanol–water partition coefficient (Wildman–Crippen LogP) is 1.40. The van der Waals surface area contributed by atoms with Crippen LogP contribution >= 0.6 is 0 Å². The second-order valence-corrected chi connectivity index (χ2v) is 6.95. The fraction of sp³-hybridized carbons (Fsp3) is 0.579. The summed E-state index contributed by atoms with van der Waals surface area (Å²) in [5.41, 5.74) is 1.94. The number of likely N-dealkylation sites (tertiary alicyclic amines) is 1. The van der Waals surface area contributed by atoms with Crippen LogP contribution in [0.4, 0.5) is 5.69 Å². The molecule has 2 N–H and O–H groups in total. The van der Waals surface area contributed by atoms with E-state index in [1.807, 2.05) is 24.3 Å². The van der Waals surface area contributed by atoms with Gasteiger partial charge in [0.25, 0.3) is 0 Å². The average molecular weight is 361 g/mol. The summed E-state index contributed by atoms with van der Waals surface area (Å²) >= 11 is 0. The molecule has 1 amide bonds. The number of amides is 1. The molecule has 2 heterocycles. The lowest BCUT2D eigenvalue weighted by molar-refractivity contribution is -0.145. The van der Waals surface area contributed by atoms with Crippen LogP contribution in [-0.2, 0) is 20.9 Å². The minimum atomic E-state index is -0.843. The van der Waals surface area contributed by atoms with Crippen molar-refractivity contribution in [2.75, 3.05) is 44.7 Å². The number of aliphatic carboxylic acids is 1. The highest BCUT2D eigenvalue weighted by molar-refractivity contribution is 5.92. The average Bonchev–Trinajstić information content (AvgIpc) is 2.64. The van der Waals surface area contributed by atoms with E-state index in [2.05, 4.69) is 10.2 Å². The fourth-order valence-electron chi connectivity index (χ4n) is 3.56. The summed E-state index contributed by atoms with van der Waals surface area (Å²) in [6.07, 6.45) is 2.45. The third-order valence-electron chi connectivity index (χ3n) is 4.99. The molecule has 0 bridgehead atoms. The van der Waals surface area contributed by atoms with E-state index in [0.717, 1.165) is 51.4 Å². The summed E-state index contributed by atoms with van der Waals surface area (Å²) in [6, 6.07) is 7.29. The molecule has 2 saturated heterocycles. The number of nitrogens with zero attached hydrogens (tertiary/aromatic N) is 2. The van der Waals surface area contributed by atoms with Gasteiger partial charge in [0.05, 0.1) is 19.8 Å². The van der Waals surface area contributed by atoms with Crippen LogP contribution in [0.5, 0.6) is 0 Å². The summed E-state index contributed by atoms with van der Waals surface area (Å²) in [5.74, 6) is -1.01. The molecule has 2 aliphatic heterocycles. The van der Waals surface area contributed by atoms with Gasteiger partial charge in [-0.2, -0.15) is 0 Å². The molecular weight excluding hydrogens is 334 g/mol. The Morgan fingerprint density at radius 1 is 1.12 bits per heavy atom. The van der Waals surface area contributed by atoms with E-state index in [4.69, 9.17) is 4.74 Å². The highest BCUT2D eigenvalue weighted by Crippen LogP contribution is 2.17. The Morgan fingerprint density at radius 2 is 1.85 bits per heavy atom. The maximum absolute atomic E-state index is 12.3. The molecule has 0 aliphatic carbocycles. The third-order valence-corrected chi connectivity index (χ3v) is 4.99. The van der Waals surface area contributed by atoms with Gasteiger partial charge in [0.1, 0.15) is 6.04 Å². The number of rotatable bonds is 6. The van der Waals surface area contributed by atoms with Gasteiger partial charge in [-0.25, -0.2) is 0 Å². The Kier molecular flexibility index (Phi) is 6.60. The van der Waals surface area contributed by atoms with Gasteiger partial charge in [0.2, 0.25) is 5.91 Å². The molecule has 1 aromatic carbocycles. The third kappa shape index (κ3) is 5.27. The van der Waals surface area contributed by atoms with Crippen molar-refractivity contribution in [3.05, 3.63) is 29.8 Å². The smallest absolute Gasteiger partial charge is 0.320 e. The lowest BCUT2D eigenvalue weighted by Gasteiger charge is -2.32. The Bertz CT molecular complexity index is 614. The molecule has 0 saturated carbocycles. The van der Waals surface area contributed by atoms with E-state index >= 15 is 0 Å². The van der Waals surface area contributed by atoms with Gasteiger partial charge < -0.3 is 15.2 Å². The molecular formula is C19H27N3O4. The number of carbonyl (C=O) groups excluding carboxylic acids is 1. The highest BCUT2D eigenvalue weighted by Gasteiger charge is 2.29. The van der Waals surface area contributed by atoms with E-state index in [0.29, 0.717) is 13.0 Å². The van der Waals surface area contributed by atoms with Gasteiger partial charge in [-0.3, -0.25) is 19.4 Å². The number of hydrogen-bond acceptors (Lipinski definition) is 5. The Labute approximate surface area is 153 Å². The summed E-state index contributed by atoms with van der Waals surface area (Å²) in [5, 5.41) is 12.2. The van der Waals surface area contributed by atoms with Crippen LogP contribution in [0.25, 0.3) is 0 Å². The zero-order chi connectivity index (χ0) is 18.4. The number of carbonyl (C=O) groups is 2. The van der Waals surface area contributed by atoms with Crippen LogP contribution in [-0.4, -0.2) is 72.2 Å². The van der Waals surface area contributed by atoms with Gasteiger partial charge in [0, 0.05) is 25.3 Å². The number of morpholine rings is 1. The maximum Gasteiger partial charge on any atom is 0.320 e. The number of carboxylic acids is 1. The molecule has 0 aromatic heterocycles. The zero-order valence-electron chi connectivity index (χ0n) is 15.0. The molecule has 0 radical (unpaired) electrons. The molecule has 1 atom stereocenters. The highest BCUT2D eigenvalue weighted by atomic mass is 16.5. The van der Waals surface area contributed by atoms with Crippen molar-refractivity contribution in [3.8, 4) is 0 Å². The van der Waals surface area contributed by atoms with E-state index in [9.17, 15) is 14.7 Å². The summed E-state index contributed by atoms with van der Waals surface area (Å²) in [7, 11) is 0. The van der Waals surface area contributed by atoms with E-state index in [-0.39, 0.29) is 12.5 Å². The fourth-order valence-corrected chi connectivity index (χ4v) is 3.56. The number of anilines is 1. The minimum Gasteiger partial charge on any atom is -0.480 e. The first-order valence-corrected chi connectivity index (χ1v) is 9.27. The van der Waals surface area contributed by atoms with Crippen LogP contribution in [0.3, 0.4) is 0 Å². The number of nitrogens with one attached hydrogen (secondary N) is 1. The monoisotopic (exact) mass is 361 g/mol. The molecule has 7 nitrogen and oxygen atoms in total. The molecule has 26 heavy (non-hydrogen) atoms. The summed E-state index contributed by atoms with van der Waals surface area (Å²) < 4.78 is 5.36. The van der Waals surface area contributed by atoms with Crippen LogP contribution in [0, 0.1) is 0 Å². The Hall–Kier alpha value is -1.96. The SMILES string of the molecule is O=C(CN1CCCCC1C(=O)O)Nc1ccc(CN2CCOCC2)cc1. The predicted molar refractivity (Wildman–Crippen MR) is 98.0 cm³/mol. The number of carboxylic acid groups (broad SMARTS) is 1. The lowest BCUT2D eigenvalue weighted by atomic mass is 10.0. The van der Waals surface area contributed by atoms with Gasteiger partial charge in [0.15, 0.2) is 0 Å². The molecule has 2 fully saturated rings. The van der Waals surface area contributed by atoms with Crippen LogP contribution in [0.1, 0.15) is 24.8 Å². The van der Waals surface area contributed by atoms with E-state index < -0.39 is 12.0 Å². The van der Waals surface area contributed by atoms with Crippen molar-refractivity contribution in [2.24, 2.45) is 0 Å². The van der Waals surface area contributed by atoms with E-state index in [1.165, 1.54) is 5.56 Å². The number of ether oxygens (including phenoxy) is 1. The number of benzene rings is 1. The van der Waals surface area contributed by atoms with Gasteiger partial charge in [-0.05, 0) is 37.1 Å². The molecule has 142 valence electrons. The lowest BCUT2D eigenvalue weighted by Crippen LogP contribution is -2.47. The second kappa shape index (κ2) is 9.12. The first kappa shape index (κ1) is 18.8. The number of hydrogen-bond donors (Lipinski definition) is 2. The summed E-state index contributed by atoms with van der Waals surface area (Å²) in [4.78, 5) is 27.7. The topological polar surface area (TPSA) is 82.1 Å². The van der Waals surface area contributed by atoms with Crippen LogP contribution < -0.4 is 5.32 Å². The second-order valence-electron chi connectivity index (χ2n) is 6.95. The van der Waals surface area contributed by atoms with Crippen LogP contribution in [0.15, 0.2) is 24.3 Å². The molecule has 1 unspecified atom stereocenters. The number of piperidine rings is 1. The largest absolute Gasteiger partial charge is 0.480 e. The first-order valence-electron chi connectivity index (χ1n) is 9.27. The van der Waals surface area contributed by atoms with Gasteiger partial charge in [-0.1, -0.05) is 18.6 Å². The molecule has 2 aliphatic rings. The van der Waals surface area contributed by atoms with Crippen molar-refractivity contribution >= 4 is 17.6 Å². The molecule has 0 spiro atoms. The Morgan fingerprint density at radius 3 is 2.54 bits per heavy atom. The molecule has 1 aromatic rings. The van der Waals surface area contributed by atoms with Gasteiger partial charge in [-0.15, -0.1) is 0 Å². The van der Waals surface area contributed by atoms with Crippen molar-refractivity contribution < 1.29 is 19.4 Å². The molecule has 3 rings (SSSR count). The quantitative estimate of drug-likeness (QED) is 0.797.